The number of carbonyl (C=O) groups excluding carboxylic acids is 1. The maximum atomic E-state index is 12.4. The van der Waals surface area contributed by atoms with Crippen LogP contribution >= 0.6 is 0 Å². The zero-order valence-corrected chi connectivity index (χ0v) is 13.2. The van der Waals surface area contributed by atoms with Gasteiger partial charge in [-0.15, -0.1) is 0 Å². The normalized spacial score (nSPS) is 18.4. The summed E-state index contributed by atoms with van der Waals surface area (Å²) >= 11 is 0. The number of fused-ring (bicyclic) bond motifs is 1. The molecule has 2 nitrogen and oxygen atoms in total. The summed E-state index contributed by atoms with van der Waals surface area (Å²) in [6.07, 6.45) is 6.17. The third-order valence-corrected chi connectivity index (χ3v) is 4.95. The molecule has 2 heteroatoms. The lowest BCUT2D eigenvalue weighted by molar-refractivity contribution is -0.121. The number of ketones is 1. The molecule has 0 spiro atoms. The Bertz CT molecular complexity index is 831. The summed E-state index contributed by atoms with van der Waals surface area (Å²) in [7, 11) is 0. The van der Waals surface area contributed by atoms with Crippen molar-refractivity contribution in [3.05, 3.63) is 71.9 Å². The van der Waals surface area contributed by atoms with Crippen LogP contribution in [0.1, 0.15) is 42.7 Å². The number of Topliss-reactive ketones (excluding diaryl/α,β-unsaturated/α-hetero) is 1. The second-order valence-electron chi connectivity index (χ2n) is 6.48. The van der Waals surface area contributed by atoms with Crippen molar-refractivity contribution in [2.75, 3.05) is 0 Å². The summed E-state index contributed by atoms with van der Waals surface area (Å²) in [5.41, 5.74) is 3.74. The van der Waals surface area contributed by atoms with Crippen molar-refractivity contribution in [3.8, 4) is 0 Å². The summed E-state index contributed by atoms with van der Waals surface area (Å²) in [6.45, 7) is 0.849. The van der Waals surface area contributed by atoms with Crippen molar-refractivity contribution in [2.45, 2.75) is 38.1 Å². The molecule has 1 unspecified atom stereocenters. The molecule has 0 amide bonds. The second kappa shape index (κ2) is 6.04. The Labute approximate surface area is 136 Å². The van der Waals surface area contributed by atoms with E-state index in [9.17, 15) is 4.79 Å². The van der Waals surface area contributed by atoms with E-state index < -0.39 is 0 Å². The maximum absolute atomic E-state index is 12.4. The summed E-state index contributed by atoms with van der Waals surface area (Å²) in [4.78, 5) is 12.4. The average Bonchev–Trinajstić information content (AvgIpc) is 2.95. The minimum absolute atomic E-state index is 0.0886. The zero-order valence-electron chi connectivity index (χ0n) is 13.2. The van der Waals surface area contributed by atoms with Crippen LogP contribution in [-0.4, -0.2) is 10.4 Å². The summed E-state index contributed by atoms with van der Waals surface area (Å²) in [5.74, 6) is 0.504. The molecule has 0 N–H and O–H groups in total. The monoisotopic (exact) mass is 303 g/mol. The third kappa shape index (κ3) is 2.70. The molecule has 4 rings (SSSR count). The lowest BCUT2D eigenvalue weighted by Crippen LogP contribution is -2.16. The average molecular weight is 303 g/mol. The molecular formula is C21H21NO. The quantitative estimate of drug-likeness (QED) is 0.673. The Kier molecular flexibility index (Phi) is 3.74. The molecule has 0 bridgehead atoms. The van der Waals surface area contributed by atoms with E-state index in [4.69, 9.17) is 0 Å². The number of aromatic nitrogens is 1. The van der Waals surface area contributed by atoms with Gasteiger partial charge < -0.3 is 4.57 Å². The van der Waals surface area contributed by atoms with Crippen molar-refractivity contribution in [1.82, 2.24) is 4.57 Å². The van der Waals surface area contributed by atoms with Crippen molar-refractivity contribution in [1.29, 1.82) is 0 Å². The molecule has 0 radical (unpaired) electrons. The highest BCUT2D eigenvalue weighted by Gasteiger charge is 2.26. The van der Waals surface area contributed by atoms with E-state index in [1.54, 1.807) is 0 Å². The fraction of sp³-hybridized carbons (Fsp3) is 0.286. The van der Waals surface area contributed by atoms with Crippen LogP contribution in [-0.2, 0) is 11.3 Å². The van der Waals surface area contributed by atoms with E-state index in [2.05, 4.69) is 59.3 Å². The van der Waals surface area contributed by atoms with E-state index in [1.807, 2.05) is 6.07 Å². The maximum Gasteiger partial charge on any atom is 0.140 e. The smallest absolute Gasteiger partial charge is 0.140 e. The minimum atomic E-state index is 0.0886. The van der Waals surface area contributed by atoms with Gasteiger partial charge in [-0.05, 0) is 30.0 Å². The fourth-order valence-electron chi connectivity index (χ4n) is 3.78. The van der Waals surface area contributed by atoms with Gasteiger partial charge in [-0.25, -0.2) is 0 Å². The Balaban J connectivity index is 1.78. The Morgan fingerprint density at radius 3 is 2.57 bits per heavy atom. The third-order valence-electron chi connectivity index (χ3n) is 4.95. The lowest BCUT2D eigenvalue weighted by atomic mass is 9.83. The zero-order chi connectivity index (χ0) is 15.6. The van der Waals surface area contributed by atoms with Crippen molar-refractivity contribution in [3.63, 3.8) is 0 Å². The molecule has 1 heterocycles. The molecule has 1 aromatic heterocycles. The molecule has 1 fully saturated rings. The van der Waals surface area contributed by atoms with Crippen molar-refractivity contribution < 1.29 is 4.79 Å². The number of nitrogens with zero attached hydrogens (tertiary/aromatic N) is 1. The first-order valence-corrected chi connectivity index (χ1v) is 8.47. The number of benzene rings is 2. The second-order valence-corrected chi connectivity index (χ2v) is 6.48. The van der Waals surface area contributed by atoms with Gasteiger partial charge >= 0.3 is 0 Å². The lowest BCUT2D eigenvalue weighted by Gasteiger charge is -2.20. The Hall–Kier alpha value is -2.35. The molecule has 1 saturated carbocycles. The fourth-order valence-corrected chi connectivity index (χ4v) is 3.78. The molecule has 0 aliphatic heterocycles. The number of carbonyl (C=O) groups is 1. The van der Waals surface area contributed by atoms with E-state index in [0.29, 0.717) is 5.78 Å². The number of hydrogen-bond acceptors (Lipinski definition) is 1. The standard InChI is InChI=1S/C21H21NO/c23-21-13-7-5-11-18(21)19-15-22(14-16-8-2-1-3-9-16)20-12-6-4-10-17(19)20/h1-4,6,8-10,12,15,18H,5,7,11,13-14H2. The van der Waals surface area contributed by atoms with Crippen LogP contribution in [0.5, 0.6) is 0 Å². The Morgan fingerprint density at radius 2 is 1.74 bits per heavy atom. The highest BCUT2D eigenvalue weighted by molar-refractivity contribution is 5.93. The predicted molar refractivity (Wildman–Crippen MR) is 93.7 cm³/mol. The van der Waals surface area contributed by atoms with Crippen LogP contribution < -0.4 is 0 Å². The van der Waals surface area contributed by atoms with Crippen LogP contribution in [0.4, 0.5) is 0 Å². The van der Waals surface area contributed by atoms with Crippen LogP contribution in [0, 0.1) is 0 Å². The Morgan fingerprint density at radius 1 is 0.957 bits per heavy atom. The summed E-state index contributed by atoms with van der Waals surface area (Å²) in [6, 6.07) is 19.0. The summed E-state index contributed by atoms with van der Waals surface area (Å²) < 4.78 is 2.29. The predicted octanol–water partition coefficient (Wildman–Crippen LogP) is 4.92. The minimum Gasteiger partial charge on any atom is -0.343 e. The van der Waals surface area contributed by atoms with Gasteiger partial charge in [-0.2, -0.15) is 0 Å². The van der Waals surface area contributed by atoms with E-state index in [1.165, 1.54) is 22.0 Å². The van der Waals surface area contributed by atoms with Gasteiger partial charge in [-0.1, -0.05) is 55.0 Å². The first-order valence-electron chi connectivity index (χ1n) is 8.47. The first-order chi connectivity index (χ1) is 11.3. The van der Waals surface area contributed by atoms with Gasteiger partial charge in [0.15, 0.2) is 0 Å². The molecule has 1 atom stereocenters. The van der Waals surface area contributed by atoms with Gasteiger partial charge in [0.05, 0.1) is 0 Å². The van der Waals surface area contributed by atoms with Crippen LogP contribution in [0.25, 0.3) is 10.9 Å². The van der Waals surface area contributed by atoms with E-state index >= 15 is 0 Å². The molecule has 1 aliphatic rings. The molecule has 3 aromatic rings. The van der Waals surface area contributed by atoms with E-state index in [-0.39, 0.29) is 5.92 Å². The highest BCUT2D eigenvalue weighted by atomic mass is 16.1. The number of para-hydroxylation sites is 1. The largest absolute Gasteiger partial charge is 0.343 e. The van der Waals surface area contributed by atoms with Gasteiger partial charge in [0, 0.05) is 36.0 Å². The van der Waals surface area contributed by atoms with Crippen molar-refractivity contribution >= 4 is 16.7 Å². The molecule has 116 valence electrons. The first kappa shape index (κ1) is 14.3. The van der Waals surface area contributed by atoms with E-state index in [0.717, 1.165) is 32.2 Å². The topological polar surface area (TPSA) is 22.0 Å². The van der Waals surface area contributed by atoms with Gasteiger partial charge in [0.1, 0.15) is 5.78 Å². The molecule has 0 saturated heterocycles. The van der Waals surface area contributed by atoms with Gasteiger partial charge in [0.25, 0.3) is 0 Å². The number of rotatable bonds is 3. The van der Waals surface area contributed by atoms with Crippen LogP contribution in [0.2, 0.25) is 0 Å². The van der Waals surface area contributed by atoms with Gasteiger partial charge in [0.2, 0.25) is 0 Å². The van der Waals surface area contributed by atoms with Crippen molar-refractivity contribution in [2.24, 2.45) is 0 Å². The highest BCUT2D eigenvalue weighted by Crippen LogP contribution is 2.35. The molecule has 2 aromatic carbocycles. The molecule has 23 heavy (non-hydrogen) atoms. The van der Waals surface area contributed by atoms with Crippen LogP contribution in [0.3, 0.4) is 0 Å². The number of hydrogen-bond donors (Lipinski definition) is 0. The molecule has 1 aliphatic carbocycles. The summed E-state index contributed by atoms with van der Waals surface area (Å²) in [5, 5.41) is 1.24. The van der Waals surface area contributed by atoms with Gasteiger partial charge in [-0.3, -0.25) is 4.79 Å². The molecular weight excluding hydrogens is 282 g/mol. The van der Waals surface area contributed by atoms with Crippen LogP contribution in [0.15, 0.2) is 60.8 Å². The SMILES string of the molecule is O=C1CCCCC1c1cn(Cc2ccccc2)c2ccccc12.